The van der Waals surface area contributed by atoms with E-state index in [1.807, 2.05) is 6.07 Å². The number of rotatable bonds is 5. The fraction of sp³-hybridized carbons (Fsp3) is 0.438. The van der Waals surface area contributed by atoms with Gasteiger partial charge in [0.25, 0.3) is 0 Å². The first kappa shape index (κ1) is 15.3. The molecule has 0 bridgehead atoms. The number of hydrogen-bond donors (Lipinski definition) is 1. The average Bonchev–Trinajstić information content (AvgIpc) is 2.66. The molecule has 1 heterocycles. The normalized spacial score (nSPS) is 12.7. The SMILES string of the molecule is CCC(N)Cc1c(C)nn(Cc2cccc(Br)c2)c1C. The first-order valence-electron chi connectivity index (χ1n) is 7.04. The van der Waals surface area contributed by atoms with Gasteiger partial charge in [-0.05, 0) is 49.9 Å². The van der Waals surface area contributed by atoms with Gasteiger partial charge in [0, 0.05) is 16.2 Å². The van der Waals surface area contributed by atoms with Gasteiger partial charge in [-0.15, -0.1) is 0 Å². The monoisotopic (exact) mass is 335 g/mol. The zero-order chi connectivity index (χ0) is 14.7. The Bertz CT molecular complexity index is 589. The van der Waals surface area contributed by atoms with Crippen LogP contribution in [0.3, 0.4) is 0 Å². The highest BCUT2D eigenvalue weighted by molar-refractivity contribution is 9.10. The minimum atomic E-state index is 0.218. The minimum Gasteiger partial charge on any atom is -0.327 e. The molecule has 2 N–H and O–H groups in total. The Kier molecular flexibility index (Phi) is 5.00. The summed E-state index contributed by atoms with van der Waals surface area (Å²) in [5.74, 6) is 0. The molecule has 1 atom stereocenters. The fourth-order valence-electron chi connectivity index (χ4n) is 2.40. The van der Waals surface area contributed by atoms with Crippen molar-refractivity contribution >= 4 is 15.9 Å². The lowest BCUT2D eigenvalue weighted by Gasteiger charge is -2.09. The number of nitrogens with zero attached hydrogens (tertiary/aromatic N) is 2. The van der Waals surface area contributed by atoms with E-state index in [9.17, 15) is 0 Å². The maximum absolute atomic E-state index is 6.08. The molecule has 20 heavy (non-hydrogen) atoms. The summed E-state index contributed by atoms with van der Waals surface area (Å²) in [7, 11) is 0. The molecule has 0 fully saturated rings. The zero-order valence-electron chi connectivity index (χ0n) is 12.4. The third kappa shape index (κ3) is 3.49. The second kappa shape index (κ2) is 6.55. The Morgan fingerprint density at radius 2 is 2.10 bits per heavy atom. The molecule has 3 nitrogen and oxygen atoms in total. The molecule has 0 saturated carbocycles. The predicted molar refractivity (Wildman–Crippen MR) is 86.9 cm³/mol. The maximum atomic E-state index is 6.08. The summed E-state index contributed by atoms with van der Waals surface area (Å²) >= 11 is 3.51. The summed E-state index contributed by atoms with van der Waals surface area (Å²) < 4.78 is 3.18. The smallest absolute Gasteiger partial charge is 0.0663 e. The first-order chi connectivity index (χ1) is 9.51. The van der Waals surface area contributed by atoms with E-state index in [1.165, 1.54) is 16.8 Å². The molecule has 1 aromatic heterocycles. The molecule has 0 aliphatic carbocycles. The van der Waals surface area contributed by atoms with Crippen LogP contribution in [0.1, 0.15) is 35.9 Å². The Hall–Kier alpha value is -1.13. The minimum absolute atomic E-state index is 0.218. The lowest BCUT2D eigenvalue weighted by molar-refractivity contribution is 0.636. The molecular weight excluding hydrogens is 314 g/mol. The van der Waals surface area contributed by atoms with Crippen LogP contribution in [0.25, 0.3) is 0 Å². The van der Waals surface area contributed by atoms with Gasteiger partial charge in [0.15, 0.2) is 0 Å². The highest BCUT2D eigenvalue weighted by Crippen LogP contribution is 2.18. The van der Waals surface area contributed by atoms with Gasteiger partial charge in [-0.1, -0.05) is 35.0 Å². The number of aromatic nitrogens is 2. The van der Waals surface area contributed by atoms with Crippen LogP contribution in [0.4, 0.5) is 0 Å². The molecule has 4 heteroatoms. The molecule has 1 aromatic carbocycles. The maximum Gasteiger partial charge on any atom is 0.0663 e. The van der Waals surface area contributed by atoms with E-state index in [2.05, 4.69) is 64.7 Å². The lowest BCUT2D eigenvalue weighted by Crippen LogP contribution is -2.22. The third-order valence-electron chi connectivity index (χ3n) is 3.74. The fourth-order valence-corrected chi connectivity index (χ4v) is 2.84. The van der Waals surface area contributed by atoms with E-state index in [0.717, 1.165) is 29.6 Å². The number of aryl methyl sites for hydroxylation is 1. The molecule has 0 saturated heterocycles. The second-order valence-electron chi connectivity index (χ2n) is 5.31. The average molecular weight is 336 g/mol. The molecule has 2 rings (SSSR count). The van der Waals surface area contributed by atoms with Crippen LogP contribution in [-0.2, 0) is 13.0 Å². The van der Waals surface area contributed by atoms with Gasteiger partial charge in [-0.25, -0.2) is 0 Å². The van der Waals surface area contributed by atoms with Crippen LogP contribution in [0, 0.1) is 13.8 Å². The molecule has 1 unspecified atom stereocenters. The van der Waals surface area contributed by atoms with E-state index in [-0.39, 0.29) is 6.04 Å². The largest absolute Gasteiger partial charge is 0.327 e. The van der Waals surface area contributed by atoms with Crippen molar-refractivity contribution in [2.24, 2.45) is 5.73 Å². The van der Waals surface area contributed by atoms with Crippen molar-refractivity contribution in [3.8, 4) is 0 Å². The summed E-state index contributed by atoms with van der Waals surface area (Å²) in [6.07, 6.45) is 1.91. The van der Waals surface area contributed by atoms with Gasteiger partial charge in [0.2, 0.25) is 0 Å². The van der Waals surface area contributed by atoms with E-state index in [1.54, 1.807) is 0 Å². The van der Waals surface area contributed by atoms with E-state index >= 15 is 0 Å². The molecule has 108 valence electrons. The number of hydrogen-bond acceptors (Lipinski definition) is 2. The third-order valence-corrected chi connectivity index (χ3v) is 4.24. The molecule has 0 amide bonds. The van der Waals surface area contributed by atoms with Crippen molar-refractivity contribution in [1.82, 2.24) is 9.78 Å². The molecular formula is C16H22BrN3. The summed E-state index contributed by atoms with van der Waals surface area (Å²) in [5.41, 5.74) is 11.0. The summed E-state index contributed by atoms with van der Waals surface area (Å²) in [4.78, 5) is 0. The van der Waals surface area contributed by atoms with Crippen LogP contribution >= 0.6 is 15.9 Å². The van der Waals surface area contributed by atoms with E-state index < -0.39 is 0 Å². The topological polar surface area (TPSA) is 43.8 Å². The van der Waals surface area contributed by atoms with Crippen molar-refractivity contribution in [2.75, 3.05) is 0 Å². The van der Waals surface area contributed by atoms with Gasteiger partial charge in [0.05, 0.1) is 12.2 Å². The van der Waals surface area contributed by atoms with Crippen molar-refractivity contribution in [1.29, 1.82) is 0 Å². The van der Waals surface area contributed by atoms with E-state index in [4.69, 9.17) is 5.73 Å². The van der Waals surface area contributed by atoms with Gasteiger partial charge < -0.3 is 5.73 Å². The van der Waals surface area contributed by atoms with Gasteiger partial charge in [-0.2, -0.15) is 5.10 Å². The van der Waals surface area contributed by atoms with E-state index in [0.29, 0.717) is 0 Å². The first-order valence-corrected chi connectivity index (χ1v) is 7.83. The second-order valence-corrected chi connectivity index (χ2v) is 6.23. The van der Waals surface area contributed by atoms with Crippen molar-refractivity contribution in [3.63, 3.8) is 0 Å². The predicted octanol–water partition coefficient (Wildman–Crippen LogP) is 3.59. The Balaban J connectivity index is 2.23. The molecule has 0 aliphatic heterocycles. The van der Waals surface area contributed by atoms with Crippen molar-refractivity contribution < 1.29 is 0 Å². The molecule has 0 aliphatic rings. The summed E-state index contributed by atoms with van der Waals surface area (Å²) in [5, 5.41) is 4.67. The van der Waals surface area contributed by atoms with Crippen LogP contribution in [0.15, 0.2) is 28.7 Å². The number of benzene rings is 1. The van der Waals surface area contributed by atoms with Gasteiger partial charge in [0.1, 0.15) is 0 Å². The highest BCUT2D eigenvalue weighted by atomic mass is 79.9. The van der Waals surface area contributed by atoms with Crippen molar-refractivity contribution in [3.05, 3.63) is 51.3 Å². The Morgan fingerprint density at radius 3 is 2.75 bits per heavy atom. The Labute approximate surface area is 129 Å². The summed E-state index contributed by atoms with van der Waals surface area (Å²) in [6, 6.07) is 8.57. The van der Waals surface area contributed by atoms with Crippen LogP contribution in [-0.4, -0.2) is 15.8 Å². The van der Waals surface area contributed by atoms with Crippen molar-refractivity contribution in [2.45, 2.75) is 46.2 Å². The van der Waals surface area contributed by atoms with Crippen LogP contribution < -0.4 is 5.73 Å². The number of nitrogens with two attached hydrogens (primary N) is 1. The number of halogens is 1. The lowest BCUT2D eigenvalue weighted by atomic mass is 10.0. The van der Waals surface area contributed by atoms with Gasteiger partial charge in [-0.3, -0.25) is 4.68 Å². The standard InChI is InChI=1S/C16H22BrN3/c1-4-15(18)9-16-11(2)19-20(12(16)3)10-13-6-5-7-14(17)8-13/h5-8,15H,4,9-10,18H2,1-3H3. The van der Waals surface area contributed by atoms with Gasteiger partial charge >= 0.3 is 0 Å². The highest BCUT2D eigenvalue weighted by Gasteiger charge is 2.14. The van der Waals surface area contributed by atoms with Crippen LogP contribution in [0.5, 0.6) is 0 Å². The summed E-state index contributed by atoms with van der Waals surface area (Å²) in [6.45, 7) is 7.13. The molecule has 0 spiro atoms. The zero-order valence-corrected chi connectivity index (χ0v) is 13.9. The Morgan fingerprint density at radius 1 is 1.35 bits per heavy atom. The quantitative estimate of drug-likeness (QED) is 0.907. The van der Waals surface area contributed by atoms with Crippen LogP contribution in [0.2, 0.25) is 0 Å². The molecule has 2 aromatic rings. The molecule has 0 radical (unpaired) electrons.